The first-order valence-corrected chi connectivity index (χ1v) is 5.85. The molecule has 3 N–H and O–H groups in total. The molecule has 0 saturated carbocycles. The second-order valence-corrected chi connectivity index (χ2v) is 4.28. The van der Waals surface area contributed by atoms with Crippen molar-refractivity contribution in [3.8, 4) is 6.07 Å². The van der Waals surface area contributed by atoms with Crippen molar-refractivity contribution < 1.29 is 0 Å². The first kappa shape index (κ1) is 11.4. The Bertz CT molecular complexity index is 549. The summed E-state index contributed by atoms with van der Waals surface area (Å²) in [4.78, 5) is 0. The minimum absolute atomic E-state index is 0.292. The zero-order valence-electron chi connectivity index (χ0n) is 9.34. The molecule has 0 aliphatic heterocycles. The minimum atomic E-state index is 0.292. The molecule has 0 fully saturated rings. The van der Waals surface area contributed by atoms with Gasteiger partial charge in [0.05, 0.1) is 0 Å². The number of anilines is 2. The smallest absolute Gasteiger partial charge is 0.157 e. The SMILES string of the molecule is Cn1nccc1CCNc1snc(N)c1C#N. The summed E-state index contributed by atoms with van der Waals surface area (Å²) >= 11 is 1.21. The lowest BCUT2D eigenvalue weighted by Gasteiger charge is -2.04. The molecule has 0 aliphatic rings. The average Bonchev–Trinajstić information content (AvgIpc) is 2.86. The first-order chi connectivity index (χ1) is 8.22. The lowest BCUT2D eigenvalue weighted by Crippen LogP contribution is -2.08. The summed E-state index contributed by atoms with van der Waals surface area (Å²) in [6.07, 6.45) is 2.60. The fourth-order valence-electron chi connectivity index (χ4n) is 1.48. The van der Waals surface area contributed by atoms with E-state index in [9.17, 15) is 0 Å². The number of nitrogens with two attached hydrogens (primary N) is 1. The van der Waals surface area contributed by atoms with Gasteiger partial charge in [0.15, 0.2) is 5.82 Å². The van der Waals surface area contributed by atoms with Gasteiger partial charge in [-0.25, -0.2) is 0 Å². The van der Waals surface area contributed by atoms with Crippen LogP contribution >= 0.6 is 11.5 Å². The molecule has 0 amide bonds. The molecule has 2 rings (SSSR count). The van der Waals surface area contributed by atoms with Crippen molar-refractivity contribution in [1.82, 2.24) is 14.2 Å². The van der Waals surface area contributed by atoms with Crippen molar-refractivity contribution in [2.75, 3.05) is 17.6 Å². The second kappa shape index (κ2) is 4.84. The number of nitriles is 1. The van der Waals surface area contributed by atoms with E-state index in [1.54, 1.807) is 6.20 Å². The van der Waals surface area contributed by atoms with Crippen LogP contribution in [0.15, 0.2) is 12.3 Å². The van der Waals surface area contributed by atoms with Crippen molar-refractivity contribution in [2.24, 2.45) is 7.05 Å². The number of nitrogen functional groups attached to an aromatic ring is 1. The summed E-state index contributed by atoms with van der Waals surface area (Å²) in [5, 5.41) is 16.9. The Hall–Kier alpha value is -2.07. The van der Waals surface area contributed by atoms with Crippen molar-refractivity contribution in [3.63, 3.8) is 0 Å². The summed E-state index contributed by atoms with van der Waals surface area (Å²) in [7, 11) is 1.90. The lowest BCUT2D eigenvalue weighted by molar-refractivity contribution is 0.711. The quantitative estimate of drug-likeness (QED) is 0.841. The van der Waals surface area contributed by atoms with E-state index >= 15 is 0 Å². The van der Waals surface area contributed by atoms with E-state index in [4.69, 9.17) is 11.0 Å². The van der Waals surface area contributed by atoms with Gasteiger partial charge in [-0.15, -0.1) is 0 Å². The summed E-state index contributed by atoms with van der Waals surface area (Å²) in [6, 6.07) is 4.01. The number of aryl methyl sites for hydroxylation is 1. The first-order valence-electron chi connectivity index (χ1n) is 5.08. The number of hydrogen-bond donors (Lipinski definition) is 2. The third-order valence-corrected chi connectivity index (χ3v) is 3.24. The molecule has 0 saturated heterocycles. The Morgan fingerprint density at radius 3 is 3.12 bits per heavy atom. The largest absolute Gasteiger partial charge is 0.382 e. The highest BCUT2D eigenvalue weighted by Gasteiger charge is 2.10. The predicted octanol–water partition coefficient (Wildman–Crippen LogP) is 0.985. The molecular formula is C10H12N6S. The van der Waals surface area contributed by atoms with Crippen molar-refractivity contribution >= 4 is 22.4 Å². The maximum atomic E-state index is 8.90. The molecule has 88 valence electrons. The molecule has 0 aliphatic carbocycles. The molecule has 7 heteroatoms. The predicted molar refractivity (Wildman–Crippen MR) is 66.6 cm³/mol. The zero-order chi connectivity index (χ0) is 12.3. The van der Waals surface area contributed by atoms with Crippen LogP contribution in [0.2, 0.25) is 0 Å². The highest BCUT2D eigenvalue weighted by atomic mass is 32.1. The summed E-state index contributed by atoms with van der Waals surface area (Å²) < 4.78 is 5.76. The molecule has 0 radical (unpaired) electrons. The third kappa shape index (κ3) is 2.37. The average molecular weight is 248 g/mol. The maximum Gasteiger partial charge on any atom is 0.157 e. The molecule has 0 aromatic carbocycles. The lowest BCUT2D eigenvalue weighted by atomic mass is 10.3. The molecule has 0 atom stereocenters. The fourth-order valence-corrected chi connectivity index (χ4v) is 2.17. The van der Waals surface area contributed by atoms with Gasteiger partial charge >= 0.3 is 0 Å². The molecule has 6 nitrogen and oxygen atoms in total. The maximum absolute atomic E-state index is 8.90. The second-order valence-electron chi connectivity index (χ2n) is 3.51. The summed E-state index contributed by atoms with van der Waals surface area (Å²) in [5.74, 6) is 0.292. The van der Waals surface area contributed by atoms with Gasteiger partial charge < -0.3 is 11.1 Å². The van der Waals surface area contributed by atoms with E-state index < -0.39 is 0 Å². The van der Waals surface area contributed by atoms with Gasteiger partial charge in [-0.3, -0.25) is 4.68 Å². The van der Waals surface area contributed by atoms with Crippen LogP contribution in [0.5, 0.6) is 0 Å². The van der Waals surface area contributed by atoms with Crippen LogP contribution in [0.1, 0.15) is 11.3 Å². The molecule has 0 unspecified atom stereocenters. The molecular weight excluding hydrogens is 236 g/mol. The summed E-state index contributed by atoms with van der Waals surface area (Å²) in [5.41, 5.74) is 7.13. The van der Waals surface area contributed by atoms with Gasteiger partial charge in [-0.05, 0) is 17.6 Å². The van der Waals surface area contributed by atoms with E-state index in [2.05, 4.69) is 14.8 Å². The van der Waals surface area contributed by atoms with Gasteiger partial charge in [0.25, 0.3) is 0 Å². The van der Waals surface area contributed by atoms with Crippen molar-refractivity contribution in [3.05, 3.63) is 23.5 Å². The molecule has 17 heavy (non-hydrogen) atoms. The fraction of sp³-hybridized carbons (Fsp3) is 0.300. The van der Waals surface area contributed by atoms with E-state index in [-0.39, 0.29) is 0 Å². The van der Waals surface area contributed by atoms with Crippen LogP contribution in [0.3, 0.4) is 0 Å². The Morgan fingerprint density at radius 2 is 2.47 bits per heavy atom. The molecule has 2 heterocycles. The number of rotatable bonds is 4. The monoisotopic (exact) mass is 248 g/mol. The Labute approximate surface area is 103 Å². The van der Waals surface area contributed by atoms with E-state index in [0.29, 0.717) is 11.4 Å². The number of nitrogens with zero attached hydrogens (tertiary/aromatic N) is 4. The number of nitrogens with one attached hydrogen (secondary N) is 1. The zero-order valence-corrected chi connectivity index (χ0v) is 10.2. The molecule has 2 aromatic rings. The highest BCUT2D eigenvalue weighted by molar-refractivity contribution is 7.10. The van der Waals surface area contributed by atoms with Crippen LogP contribution in [0, 0.1) is 11.3 Å². The van der Waals surface area contributed by atoms with Crippen LogP contribution in [-0.2, 0) is 13.5 Å². The Morgan fingerprint density at radius 1 is 1.65 bits per heavy atom. The number of aromatic nitrogens is 3. The highest BCUT2D eigenvalue weighted by Crippen LogP contribution is 2.25. The third-order valence-electron chi connectivity index (χ3n) is 2.42. The standard InChI is InChI=1S/C10H12N6S/c1-16-7(3-5-14-16)2-4-13-10-8(6-11)9(12)15-17-10/h3,5,13H,2,4H2,1H3,(H2,12,15). The van der Waals surface area contributed by atoms with Gasteiger partial charge in [-0.1, -0.05) is 0 Å². The summed E-state index contributed by atoms with van der Waals surface area (Å²) in [6.45, 7) is 0.718. The van der Waals surface area contributed by atoms with Crippen LogP contribution in [0.4, 0.5) is 10.8 Å². The van der Waals surface area contributed by atoms with Gasteiger partial charge in [0, 0.05) is 31.9 Å². The van der Waals surface area contributed by atoms with Crippen LogP contribution in [0.25, 0.3) is 0 Å². The van der Waals surface area contributed by atoms with Crippen LogP contribution < -0.4 is 11.1 Å². The minimum Gasteiger partial charge on any atom is -0.382 e. The van der Waals surface area contributed by atoms with Crippen molar-refractivity contribution in [2.45, 2.75) is 6.42 Å². The topological polar surface area (TPSA) is 92.6 Å². The Balaban J connectivity index is 1.95. The van der Waals surface area contributed by atoms with Gasteiger partial charge in [-0.2, -0.15) is 14.7 Å². The normalized spacial score (nSPS) is 10.1. The Kier molecular flexibility index (Phi) is 3.25. The molecule has 0 spiro atoms. The van der Waals surface area contributed by atoms with Crippen LogP contribution in [-0.4, -0.2) is 20.7 Å². The van der Waals surface area contributed by atoms with Gasteiger partial charge in [0.2, 0.25) is 0 Å². The van der Waals surface area contributed by atoms with E-state index in [0.717, 1.165) is 23.7 Å². The molecule has 2 aromatic heterocycles. The van der Waals surface area contributed by atoms with Crippen molar-refractivity contribution in [1.29, 1.82) is 5.26 Å². The molecule has 0 bridgehead atoms. The van der Waals surface area contributed by atoms with Gasteiger partial charge in [0.1, 0.15) is 16.6 Å². The number of hydrogen-bond acceptors (Lipinski definition) is 6. The van der Waals surface area contributed by atoms with E-state index in [1.807, 2.05) is 23.9 Å². The van der Waals surface area contributed by atoms with E-state index in [1.165, 1.54) is 11.5 Å².